The standard InChI is InChI=1S/C18H24FN3O2/c1-18(2,3)17-21-20-16(24-17)11-22(14-8-9-14)10-15(23)12-4-6-13(19)7-5-12/h4-7,14-15,23H,8-11H2,1-3H3. The number of hydrogen-bond donors (Lipinski definition) is 1. The van der Waals surface area contributed by atoms with Gasteiger partial charge in [-0.05, 0) is 30.5 Å². The predicted molar refractivity (Wildman–Crippen MR) is 87.8 cm³/mol. The van der Waals surface area contributed by atoms with Gasteiger partial charge in [-0.2, -0.15) is 0 Å². The molecule has 5 nitrogen and oxygen atoms in total. The maximum absolute atomic E-state index is 13.0. The van der Waals surface area contributed by atoms with Crippen LogP contribution < -0.4 is 0 Å². The number of halogens is 1. The molecule has 0 radical (unpaired) electrons. The number of rotatable bonds is 6. The highest BCUT2D eigenvalue weighted by atomic mass is 19.1. The van der Waals surface area contributed by atoms with Gasteiger partial charge in [0.25, 0.3) is 0 Å². The fourth-order valence-electron chi connectivity index (χ4n) is 2.59. The van der Waals surface area contributed by atoms with Gasteiger partial charge in [0.05, 0.1) is 12.6 Å². The van der Waals surface area contributed by atoms with E-state index in [0.29, 0.717) is 36.5 Å². The average molecular weight is 333 g/mol. The minimum absolute atomic E-state index is 0.177. The molecular weight excluding hydrogens is 309 g/mol. The first kappa shape index (κ1) is 17.0. The van der Waals surface area contributed by atoms with Crippen LogP contribution in [-0.4, -0.2) is 32.8 Å². The average Bonchev–Trinajstić information content (AvgIpc) is 3.25. The van der Waals surface area contributed by atoms with Crippen LogP contribution in [0.1, 0.15) is 57.1 Å². The Kier molecular flexibility index (Phi) is 4.69. The summed E-state index contributed by atoms with van der Waals surface area (Å²) in [6.07, 6.45) is 1.54. The van der Waals surface area contributed by atoms with Crippen LogP contribution in [0.5, 0.6) is 0 Å². The third kappa shape index (κ3) is 4.19. The van der Waals surface area contributed by atoms with Crippen LogP contribution >= 0.6 is 0 Å². The second kappa shape index (κ2) is 6.61. The number of aliphatic hydroxyl groups is 1. The van der Waals surface area contributed by atoms with Crippen molar-refractivity contribution in [1.82, 2.24) is 15.1 Å². The Morgan fingerprint density at radius 1 is 1.25 bits per heavy atom. The molecule has 24 heavy (non-hydrogen) atoms. The van der Waals surface area contributed by atoms with Crippen molar-refractivity contribution >= 4 is 0 Å². The molecule has 1 unspecified atom stereocenters. The van der Waals surface area contributed by atoms with Crippen LogP contribution in [0.4, 0.5) is 4.39 Å². The molecule has 1 N–H and O–H groups in total. The first-order chi connectivity index (χ1) is 11.3. The fourth-order valence-corrected chi connectivity index (χ4v) is 2.59. The van der Waals surface area contributed by atoms with Crippen LogP contribution in [0.2, 0.25) is 0 Å². The molecule has 6 heteroatoms. The molecule has 0 saturated heterocycles. The van der Waals surface area contributed by atoms with Crippen molar-refractivity contribution in [2.24, 2.45) is 0 Å². The number of benzene rings is 1. The van der Waals surface area contributed by atoms with E-state index in [9.17, 15) is 9.50 Å². The third-order valence-corrected chi connectivity index (χ3v) is 4.17. The predicted octanol–water partition coefficient (Wildman–Crippen LogP) is 3.20. The molecule has 1 saturated carbocycles. The highest BCUT2D eigenvalue weighted by Gasteiger charge is 2.32. The van der Waals surface area contributed by atoms with Crippen LogP contribution in [0, 0.1) is 5.82 Å². The van der Waals surface area contributed by atoms with E-state index in [2.05, 4.69) is 15.1 Å². The minimum atomic E-state index is -0.670. The Hall–Kier alpha value is -1.79. The molecule has 0 aliphatic heterocycles. The molecular formula is C18H24FN3O2. The molecule has 0 amide bonds. The molecule has 0 bridgehead atoms. The molecule has 3 rings (SSSR count). The fraction of sp³-hybridized carbons (Fsp3) is 0.556. The van der Waals surface area contributed by atoms with Crippen LogP contribution in [-0.2, 0) is 12.0 Å². The van der Waals surface area contributed by atoms with E-state index in [0.717, 1.165) is 12.8 Å². The van der Waals surface area contributed by atoms with Gasteiger partial charge < -0.3 is 9.52 Å². The van der Waals surface area contributed by atoms with E-state index >= 15 is 0 Å². The lowest BCUT2D eigenvalue weighted by atomic mass is 9.97. The van der Waals surface area contributed by atoms with Gasteiger partial charge in [0.1, 0.15) is 5.82 Å². The zero-order valence-electron chi connectivity index (χ0n) is 14.4. The molecule has 1 fully saturated rings. The summed E-state index contributed by atoms with van der Waals surface area (Å²) >= 11 is 0. The third-order valence-electron chi connectivity index (χ3n) is 4.17. The van der Waals surface area contributed by atoms with E-state index < -0.39 is 6.10 Å². The molecule has 1 aromatic heterocycles. The van der Waals surface area contributed by atoms with Crippen LogP contribution in [0.3, 0.4) is 0 Å². The second-order valence-electron chi connectivity index (χ2n) is 7.48. The smallest absolute Gasteiger partial charge is 0.230 e. The molecule has 130 valence electrons. The minimum Gasteiger partial charge on any atom is -0.423 e. The van der Waals surface area contributed by atoms with Gasteiger partial charge in [-0.15, -0.1) is 10.2 Å². The quantitative estimate of drug-likeness (QED) is 0.879. The summed E-state index contributed by atoms with van der Waals surface area (Å²) in [5.41, 5.74) is 0.534. The Labute approximate surface area is 141 Å². The Balaban J connectivity index is 1.67. The van der Waals surface area contributed by atoms with Crippen molar-refractivity contribution in [1.29, 1.82) is 0 Å². The topological polar surface area (TPSA) is 62.4 Å². The Morgan fingerprint density at radius 3 is 2.46 bits per heavy atom. The molecule has 0 spiro atoms. The van der Waals surface area contributed by atoms with E-state index in [1.54, 1.807) is 12.1 Å². The number of nitrogens with zero attached hydrogens (tertiary/aromatic N) is 3. The molecule has 2 aromatic rings. The van der Waals surface area contributed by atoms with Crippen molar-refractivity contribution in [2.75, 3.05) is 6.54 Å². The summed E-state index contributed by atoms with van der Waals surface area (Å²) < 4.78 is 18.8. The highest BCUT2D eigenvalue weighted by molar-refractivity contribution is 5.19. The van der Waals surface area contributed by atoms with Gasteiger partial charge in [0.2, 0.25) is 11.8 Å². The van der Waals surface area contributed by atoms with E-state index in [1.807, 2.05) is 20.8 Å². The summed E-state index contributed by atoms with van der Waals surface area (Å²) in [5.74, 6) is 0.885. The van der Waals surface area contributed by atoms with Crippen molar-refractivity contribution < 1.29 is 13.9 Å². The zero-order chi connectivity index (χ0) is 17.3. The second-order valence-corrected chi connectivity index (χ2v) is 7.48. The van der Waals surface area contributed by atoms with E-state index in [1.165, 1.54) is 12.1 Å². The SMILES string of the molecule is CC(C)(C)c1nnc(CN(CC(O)c2ccc(F)cc2)C2CC2)o1. The lowest BCUT2D eigenvalue weighted by Crippen LogP contribution is -2.30. The maximum atomic E-state index is 13.0. The van der Waals surface area contributed by atoms with Crippen LogP contribution in [0.25, 0.3) is 0 Å². The first-order valence-corrected chi connectivity index (χ1v) is 8.33. The van der Waals surface area contributed by atoms with Crippen molar-refractivity contribution in [3.63, 3.8) is 0 Å². The molecule has 1 heterocycles. The Morgan fingerprint density at radius 2 is 1.92 bits per heavy atom. The summed E-state index contributed by atoms with van der Waals surface area (Å²) in [5, 5.41) is 18.7. The largest absolute Gasteiger partial charge is 0.423 e. The van der Waals surface area contributed by atoms with Crippen molar-refractivity contribution in [2.45, 2.75) is 57.7 Å². The monoisotopic (exact) mass is 333 g/mol. The molecule has 1 atom stereocenters. The van der Waals surface area contributed by atoms with E-state index in [4.69, 9.17) is 4.42 Å². The number of hydrogen-bond acceptors (Lipinski definition) is 5. The number of aromatic nitrogens is 2. The number of aliphatic hydroxyl groups excluding tert-OH is 1. The van der Waals surface area contributed by atoms with Crippen LogP contribution in [0.15, 0.2) is 28.7 Å². The van der Waals surface area contributed by atoms with Gasteiger partial charge in [0, 0.05) is 18.0 Å². The summed E-state index contributed by atoms with van der Waals surface area (Å²) in [4.78, 5) is 2.16. The summed E-state index contributed by atoms with van der Waals surface area (Å²) in [7, 11) is 0. The molecule has 1 aromatic carbocycles. The zero-order valence-corrected chi connectivity index (χ0v) is 14.4. The maximum Gasteiger partial charge on any atom is 0.230 e. The van der Waals surface area contributed by atoms with Gasteiger partial charge in [-0.25, -0.2) is 4.39 Å². The Bertz CT molecular complexity index is 674. The highest BCUT2D eigenvalue weighted by Crippen LogP contribution is 2.30. The normalized spacial score (nSPS) is 16.6. The lowest BCUT2D eigenvalue weighted by molar-refractivity contribution is 0.0982. The molecule has 1 aliphatic carbocycles. The van der Waals surface area contributed by atoms with E-state index in [-0.39, 0.29) is 11.2 Å². The van der Waals surface area contributed by atoms with Gasteiger partial charge in [-0.1, -0.05) is 32.9 Å². The van der Waals surface area contributed by atoms with Crippen molar-refractivity contribution in [3.05, 3.63) is 47.4 Å². The van der Waals surface area contributed by atoms with Gasteiger partial charge >= 0.3 is 0 Å². The first-order valence-electron chi connectivity index (χ1n) is 8.33. The van der Waals surface area contributed by atoms with Gasteiger partial charge in [0.15, 0.2) is 0 Å². The lowest BCUT2D eigenvalue weighted by Gasteiger charge is -2.23. The van der Waals surface area contributed by atoms with Gasteiger partial charge in [-0.3, -0.25) is 4.90 Å². The van der Waals surface area contributed by atoms with Crippen molar-refractivity contribution in [3.8, 4) is 0 Å². The summed E-state index contributed by atoms with van der Waals surface area (Å²) in [6, 6.07) is 6.41. The summed E-state index contributed by atoms with van der Waals surface area (Å²) in [6.45, 7) is 7.07. The molecule has 1 aliphatic rings.